The Kier molecular flexibility index (Phi) is 2.88. The van der Waals surface area contributed by atoms with E-state index in [2.05, 4.69) is 20.8 Å². The first kappa shape index (κ1) is 13.8. The maximum Gasteiger partial charge on any atom is 0.0636 e. The number of hydrogen-bond acceptors (Lipinski definition) is 3. The minimum absolute atomic E-state index is 0.0733. The first-order valence-corrected chi connectivity index (χ1v) is 7.64. The Hall–Kier alpha value is -0.120. The SMILES string of the molecule is CO[C@H]1CC(C)(C)[C@@H]2[C@@H](O)C[C@]3(C)C[C@]12CC[C@@H]3O. The summed E-state index contributed by atoms with van der Waals surface area (Å²) in [6.45, 7) is 6.70. The Morgan fingerprint density at radius 3 is 2.42 bits per heavy atom. The molecule has 2 bridgehead atoms. The summed E-state index contributed by atoms with van der Waals surface area (Å²) in [7, 11) is 1.81. The lowest BCUT2D eigenvalue weighted by Crippen LogP contribution is -2.59. The van der Waals surface area contributed by atoms with Crippen LogP contribution < -0.4 is 0 Å². The first-order chi connectivity index (χ1) is 8.75. The highest BCUT2D eigenvalue weighted by atomic mass is 16.5. The predicted molar refractivity (Wildman–Crippen MR) is 73.7 cm³/mol. The van der Waals surface area contributed by atoms with Crippen LogP contribution in [0, 0.1) is 22.2 Å². The third-order valence-electron chi connectivity index (χ3n) is 6.58. The quantitative estimate of drug-likeness (QED) is 0.767. The van der Waals surface area contributed by atoms with Gasteiger partial charge in [0.15, 0.2) is 0 Å². The van der Waals surface area contributed by atoms with Gasteiger partial charge in [-0.3, -0.25) is 0 Å². The van der Waals surface area contributed by atoms with Crippen molar-refractivity contribution in [2.75, 3.05) is 7.11 Å². The molecule has 110 valence electrons. The predicted octanol–water partition coefficient (Wildman–Crippen LogP) is 2.35. The fraction of sp³-hybridized carbons (Fsp3) is 1.00. The molecule has 3 fully saturated rings. The second-order valence-corrected chi connectivity index (χ2v) is 8.28. The number of methoxy groups -OCH3 is 1. The summed E-state index contributed by atoms with van der Waals surface area (Å²) < 4.78 is 5.83. The minimum atomic E-state index is -0.302. The molecular formula is C16H28O3. The Balaban J connectivity index is 2.06. The molecule has 0 aromatic carbocycles. The van der Waals surface area contributed by atoms with E-state index in [-0.39, 0.29) is 34.6 Å². The lowest BCUT2D eigenvalue weighted by molar-refractivity contribution is -0.189. The fourth-order valence-corrected chi connectivity index (χ4v) is 6.06. The van der Waals surface area contributed by atoms with Gasteiger partial charge < -0.3 is 14.9 Å². The molecule has 0 aromatic rings. The van der Waals surface area contributed by atoms with Crippen LogP contribution in [0.15, 0.2) is 0 Å². The Morgan fingerprint density at radius 2 is 1.79 bits per heavy atom. The second kappa shape index (κ2) is 3.96. The van der Waals surface area contributed by atoms with Crippen LogP contribution in [0.4, 0.5) is 0 Å². The molecule has 1 spiro atoms. The van der Waals surface area contributed by atoms with Crippen LogP contribution >= 0.6 is 0 Å². The Labute approximate surface area is 116 Å². The van der Waals surface area contributed by atoms with Gasteiger partial charge in [0.1, 0.15) is 0 Å². The zero-order valence-electron chi connectivity index (χ0n) is 12.6. The van der Waals surface area contributed by atoms with Crippen LogP contribution in [-0.4, -0.2) is 35.6 Å². The van der Waals surface area contributed by atoms with E-state index in [1.807, 2.05) is 0 Å². The highest BCUT2D eigenvalue weighted by Gasteiger charge is 2.67. The Morgan fingerprint density at radius 1 is 1.11 bits per heavy atom. The molecular weight excluding hydrogens is 240 g/mol. The van der Waals surface area contributed by atoms with Gasteiger partial charge in [0, 0.05) is 12.5 Å². The third kappa shape index (κ3) is 1.68. The van der Waals surface area contributed by atoms with Gasteiger partial charge in [0.25, 0.3) is 0 Å². The van der Waals surface area contributed by atoms with E-state index in [9.17, 15) is 10.2 Å². The van der Waals surface area contributed by atoms with Gasteiger partial charge in [-0.05, 0) is 48.9 Å². The van der Waals surface area contributed by atoms with Crippen molar-refractivity contribution in [1.82, 2.24) is 0 Å². The average molecular weight is 268 g/mol. The van der Waals surface area contributed by atoms with Crippen LogP contribution in [0.25, 0.3) is 0 Å². The number of rotatable bonds is 1. The summed E-state index contributed by atoms with van der Waals surface area (Å²) in [5.41, 5.74) is 0.0684. The van der Waals surface area contributed by atoms with Crippen molar-refractivity contribution < 1.29 is 14.9 Å². The van der Waals surface area contributed by atoms with E-state index in [1.54, 1.807) is 7.11 Å². The van der Waals surface area contributed by atoms with Crippen LogP contribution in [-0.2, 0) is 4.74 Å². The maximum absolute atomic E-state index is 10.7. The second-order valence-electron chi connectivity index (χ2n) is 8.28. The molecule has 19 heavy (non-hydrogen) atoms. The zero-order chi connectivity index (χ0) is 14.1. The van der Waals surface area contributed by atoms with Crippen molar-refractivity contribution in [3.05, 3.63) is 0 Å². The van der Waals surface area contributed by atoms with E-state index >= 15 is 0 Å². The van der Waals surface area contributed by atoms with E-state index < -0.39 is 0 Å². The van der Waals surface area contributed by atoms with Crippen molar-refractivity contribution in [3.63, 3.8) is 0 Å². The van der Waals surface area contributed by atoms with Gasteiger partial charge in [-0.25, -0.2) is 0 Å². The summed E-state index contributed by atoms with van der Waals surface area (Å²) in [5.74, 6) is 0.311. The molecule has 3 aliphatic rings. The van der Waals surface area contributed by atoms with Crippen molar-refractivity contribution in [2.24, 2.45) is 22.2 Å². The number of aliphatic hydroxyl groups is 2. The van der Waals surface area contributed by atoms with Gasteiger partial charge >= 0.3 is 0 Å². The molecule has 3 aliphatic carbocycles. The largest absolute Gasteiger partial charge is 0.393 e. The normalized spacial score (nSPS) is 55.9. The summed E-state index contributed by atoms with van der Waals surface area (Å²) in [6.07, 6.45) is 4.28. The van der Waals surface area contributed by atoms with Crippen LogP contribution in [0.1, 0.15) is 52.9 Å². The van der Waals surface area contributed by atoms with Crippen molar-refractivity contribution in [3.8, 4) is 0 Å². The highest BCUT2D eigenvalue weighted by molar-refractivity contribution is 5.17. The molecule has 0 radical (unpaired) electrons. The summed E-state index contributed by atoms with van der Waals surface area (Å²) in [5, 5.41) is 21.1. The molecule has 2 N–H and O–H groups in total. The highest BCUT2D eigenvalue weighted by Crippen LogP contribution is 2.69. The molecule has 3 heteroatoms. The van der Waals surface area contributed by atoms with E-state index in [0.717, 1.165) is 32.1 Å². The summed E-state index contributed by atoms with van der Waals surface area (Å²) >= 11 is 0. The number of hydrogen-bond donors (Lipinski definition) is 2. The smallest absolute Gasteiger partial charge is 0.0636 e. The van der Waals surface area contributed by atoms with Crippen LogP contribution in [0.2, 0.25) is 0 Å². The van der Waals surface area contributed by atoms with Crippen molar-refractivity contribution in [2.45, 2.75) is 71.2 Å². The van der Waals surface area contributed by atoms with Crippen molar-refractivity contribution >= 4 is 0 Å². The minimum Gasteiger partial charge on any atom is -0.393 e. The average Bonchev–Trinajstić information content (AvgIpc) is 2.52. The molecule has 0 saturated heterocycles. The van der Waals surface area contributed by atoms with Gasteiger partial charge in [-0.15, -0.1) is 0 Å². The standard InChI is InChI=1S/C16H28O3/c1-14(2)8-12(19-4)16-6-5-11(18)15(3,9-16)7-10(17)13(14)16/h10-13,17-18H,5-9H2,1-4H3/t10-,11-,12-,13-,15+,16+/m0/s1. The van der Waals surface area contributed by atoms with Gasteiger partial charge in [0.05, 0.1) is 18.3 Å². The van der Waals surface area contributed by atoms with E-state index in [0.29, 0.717) is 5.92 Å². The molecule has 3 rings (SSSR count). The summed E-state index contributed by atoms with van der Waals surface area (Å²) in [4.78, 5) is 0. The molecule has 0 heterocycles. The summed E-state index contributed by atoms with van der Waals surface area (Å²) in [6, 6.07) is 0. The maximum atomic E-state index is 10.7. The number of ether oxygens (including phenoxy) is 1. The third-order valence-corrected chi connectivity index (χ3v) is 6.58. The van der Waals surface area contributed by atoms with Crippen molar-refractivity contribution in [1.29, 1.82) is 0 Å². The lowest BCUT2D eigenvalue weighted by Gasteiger charge is -2.59. The van der Waals surface area contributed by atoms with E-state index in [4.69, 9.17) is 4.74 Å². The number of aliphatic hydroxyl groups excluding tert-OH is 2. The van der Waals surface area contributed by atoms with Gasteiger partial charge in [-0.1, -0.05) is 20.8 Å². The molecule has 6 atom stereocenters. The molecule has 3 nitrogen and oxygen atoms in total. The molecule has 3 saturated carbocycles. The van der Waals surface area contributed by atoms with Gasteiger partial charge in [-0.2, -0.15) is 0 Å². The zero-order valence-corrected chi connectivity index (χ0v) is 12.6. The topological polar surface area (TPSA) is 49.7 Å². The Bertz CT molecular complexity index is 380. The number of fused-ring (bicyclic) bond motifs is 1. The molecule has 0 aliphatic heterocycles. The van der Waals surface area contributed by atoms with E-state index in [1.165, 1.54) is 0 Å². The molecule has 0 unspecified atom stereocenters. The fourth-order valence-electron chi connectivity index (χ4n) is 6.06. The van der Waals surface area contributed by atoms with Crippen LogP contribution in [0.3, 0.4) is 0 Å². The molecule has 0 aromatic heterocycles. The van der Waals surface area contributed by atoms with Gasteiger partial charge in [0.2, 0.25) is 0 Å². The first-order valence-electron chi connectivity index (χ1n) is 7.64. The molecule has 0 amide bonds. The monoisotopic (exact) mass is 268 g/mol. The van der Waals surface area contributed by atoms with Crippen LogP contribution in [0.5, 0.6) is 0 Å². The lowest BCUT2D eigenvalue weighted by atomic mass is 9.48.